The number of hydrogen-bond acceptors (Lipinski definition) is 8. The van der Waals surface area contributed by atoms with E-state index in [1.807, 2.05) is 0 Å². The van der Waals surface area contributed by atoms with E-state index < -0.39 is 58.1 Å². The van der Waals surface area contributed by atoms with Crippen LogP contribution >= 0.6 is 0 Å². The fourth-order valence-corrected chi connectivity index (χ4v) is 5.70. The summed E-state index contributed by atoms with van der Waals surface area (Å²) in [6.07, 6.45) is 2.28. The van der Waals surface area contributed by atoms with E-state index in [0.29, 0.717) is 17.5 Å². The summed E-state index contributed by atoms with van der Waals surface area (Å²) in [5, 5.41) is 54.2. The van der Waals surface area contributed by atoms with Crippen molar-refractivity contribution in [1.29, 1.82) is 0 Å². The number of phenolic OH excluding ortho intramolecular Hbond substituents is 1. The fraction of sp³-hybridized carbons (Fsp3) is 0.480. The number of Topliss-reactive ketones (excluding diaryl/α,β-unsaturated/α-hetero) is 2. The number of primary amides is 1. The van der Waals surface area contributed by atoms with Crippen molar-refractivity contribution in [3.8, 4) is 5.75 Å². The number of nitrogens with two attached hydrogens (primary N) is 1. The molecule has 1 amide bonds. The summed E-state index contributed by atoms with van der Waals surface area (Å²) < 4.78 is 0. The number of hydrogen-bond donors (Lipinski definition) is 6. The molecule has 1 saturated carbocycles. The van der Waals surface area contributed by atoms with E-state index in [-0.39, 0.29) is 36.1 Å². The third-order valence-electron chi connectivity index (χ3n) is 7.42. The standard InChI is InChI=1S/C25H29NO8/c1-2-3-4-5-15(27)13-6-7-16(28)19-14(13)9-11-8-12-10-17(29)20(24(26)33)23(32)25(12,34)22(31)18(11)21(19)30/h6-7,11-12,15,27-28,30,32,34H,2-5,8-10H2,1H3,(H2,26,33)/t11-,12+,15?,25+/m1/s1. The molecule has 3 aliphatic carbocycles. The van der Waals surface area contributed by atoms with Crippen LogP contribution in [0.25, 0.3) is 5.76 Å². The zero-order valence-corrected chi connectivity index (χ0v) is 18.9. The Morgan fingerprint density at radius 3 is 2.53 bits per heavy atom. The van der Waals surface area contributed by atoms with Crippen LogP contribution in [0.5, 0.6) is 5.75 Å². The summed E-state index contributed by atoms with van der Waals surface area (Å²) in [5.41, 5.74) is 2.65. The highest BCUT2D eigenvalue weighted by Gasteiger charge is 2.60. The zero-order chi connectivity index (χ0) is 24.9. The van der Waals surface area contributed by atoms with Gasteiger partial charge in [-0.25, -0.2) is 0 Å². The minimum Gasteiger partial charge on any atom is -0.508 e. The topological polar surface area (TPSA) is 178 Å². The van der Waals surface area contributed by atoms with Gasteiger partial charge in [-0.05, 0) is 42.4 Å². The Morgan fingerprint density at radius 2 is 1.88 bits per heavy atom. The van der Waals surface area contributed by atoms with Crippen LogP contribution in [-0.4, -0.2) is 48.6 Å². The molecule has 182 valence electrons. The van der Waals surface area contributed by atoms with E-state index in [9.17, 15) is 39.9 Å². The van der Waals surface area contributed by atoms with Crippen LogP contribution in [0.3, 0.4) is 0 Å². The highest BCUT2D eigenvalue weighted by Crippen LogP contribution is 2.52. The van der Waals surface area contributed by atoms with E-state index in [4.69, 9.17) is 5.73 Å². The highest BCUT2D eigenvalue weighted by molar-refractivity contribution is 6.22. The quantitative estimate of drug-likeness (QED) is 0.269. The summed E-state index contributed by atoms with van der Waals surface area (Å²) in [4.78, 5) is 37.6. The van der Waals surface area contributed by atoms with Crippen molar-refractivity contribution in [2.24, 2.45) is 17.6 Å². The lowest BCUT2D eigenvalue weighted by molar-refractivity contribution is -0.147. The Hall–Kier alpha value is -3.17. The molecule has 4 rings (SSSR count). The first-order valence-electron chi connectivity index (χ1n) is 11.5. The van der Waals surface area contributed by atoms with E-state index >= 15 is 0 Å². The molecule has 1 unspecified atom stereocenters. The highest BCUT2D eigenvalue weighted by atomic mass is 16.3. The minimum atomic E-state index is -2.58. The second kappa shape index (κ2) is 8.56. The summed E-state index contributed by atoms with van der Waals surface area (Å²) in [6.45, 7) is 2.05. The molecule has 0 bridgehead atoms. The zero-order valence-electron chi connectivity index (χ0n) is 18.9. The Labute approximate surface area is 196 Å². The number of aliphatic hydroxyl groups excluding tert-OH is 3. The first-order chi connectivity index (χ1) is 16.0. The van der Waals surface area contributed by atoms with Crippen molar-refractivity contribution >= 4 is 23.2 Å². The number of fused-ring (bicyclic) bond motifs is 3. The van der Waals surface area contributed by atoms with Crippen LogP contribution in [0.1, 0.15) is 68.2 Å². The van der Waals surface area contributed by atoms with Crippen LogP contribution in [0.15, 0.2) is 29.0 Å². The second-order valence-electron chi connectivity index (χ2n) is 9.45. The van der Waals surface area contributed by atoms with E-state index in [1.165, 1.54) is 6.07 Å². The van der Waals surface area contributed by atoms with Crippen molar-refractivity contribution in [3.63, 3.8) is 0 Å². The number of carbonyl (C=O) groups excluding carboxylic acids is 3. The van der Waals surface area contributed by atoms with Crippen molar-refractivity contribution in [2.75, 3.05) is 0 Å². The average Bonchev–Trinajstić information content (AvgIpc) is 2.76. The molecular formula is C25H29NO8. The fourth-order valence-electron chi connectivity index (χ4n) is 5.70. The van der Waals surface area contributed by atoms with Crippen LogP contribution in [0, 0.1) is 11.8 Å². The summed E-state index contributed by atoms with van der Waals surface area (Å²) in [7, 11) is 0. The van der Waals surface area contributed by atoms with E-state index in [2.05, 4.69) is 6.92 Å². The van der Waals surface area contributed by atoms with Crippen molar-refractivity contribution in [3.05, 3.63) is 45.7 Å². The molecule has 9 heteroatoms. The largest absolute Gasteiger partial charge is 0.508 e. The first kappa shape index (κ1) is 24.0. The number of carbonyl (C=O) groups is 3. The van der Waals surface area contributed by atoms with Crippen LogP contribution in [0.2, 0.25) is 0 Å². The number of aromatic hydroxyl groups is 1. The lowest BCUT2D eigenvalue weighted by atomic mass is 9.59. The van der Waals surface area contributed by atoms with Gasteiger partial charge in [0.1, 0.15) is 22.8 Å². The molecule has 0 heterocycles. The van der Waals surface area contributed by atoms with Gasteiger partial charge in [-0.1, -0.05) is 32.3 Å². The molecular weight excluding hydrogens is 442 g/mol. The van der Waals surface area contributed by atoms with Gasteiger partial charge in [0.05, 0.1) is 11.7 Å². The molecule has 9 nitrogen and oxygen atoms in total. The Kier molecular flexibility index (Phi) is 6.03. The van der Waals surface area contributed by atoms with Crippen LogP contribution < -0.4 is 5.73 Å². The number of ketones is 2. The lowest BCUT2D eigenvalue weighted by Gasteiger charge is -2.46. The molecule has 0 radical (unpaired) electrons. The summed E-state index contributed by atoms with van der Waals surface area (Å²) in [6, 6.07) is 2.93. The number of unbranched alkanes of at least 4 members (excludes halogenated alkanes) is 2. The predicted octanol–water partition coefficient (Wildman–Crippen LogP) is 2.04. The Bertz CT molecular complexity index is 1150. The molecule has 0 spiro atoms. The molecule has 1 fully saturated rings. The van der Waals surface area contributed by atoms with Gasteiger partial charge in [-0.15, -0.1) is 0 Å². The molecule has 7 N–H and O–H groups in total. The molecule has 1 aromatic carbocycles. The van der Waals surface area contributed by atoms with E-state index in [0.717, 1.165) is 19.3 Å². The smallest absolute Gasteiger partial charge is 0.255 e. The van der Waals surface area contributed by atoms with Gasteiger partial charge in [-0.3, -0.25) is 14.4 Å². The van der Waals surface area contributed by atoms with Gasteiger partial charge in [-0.2, -0.15) is 0 Å². The van der Waals surface area contributed by atoms with Gasteiger partial charge >= 0.3 is 0 Å². The normalized spacial score (nSPS) is 27.3. The van der Waals surface area contributed by atoms with Crippen molar-refractivity contribution in [2.45, 2.75) is 63.6 Å². The molecule has 1 aromatic rings. The average molecular weight is 472 g/mol. The Morgan fingerprint density at radius 1 is 1.18 bits per heavy atom. The third-order valence-corrected chi connectivity index (χ3v) is 7.42. The van der Waals surface area contributed by atoms with Gasteiger partial charge in [0.25, 0.3) is 5.91 Å². The number of rotatable bonds is 6. The predicted molar refractivity (Wildman–Crippen MR) is 120 cm³/mol. The van der Waals surface area contributed by atoms with Gasteiger partial charge in [0.2, 0.25) is 5.78 Å². The molecule has 4 atom stereocenters. The van der Waals surface area contributed by atoms with Gasteiger partial charge in [0.15, 0.2) is 11.4 Å². The second-order valence-corrected chi connectivity index (χ2v) is 9.45. The van der Waals surface area contributed by atoms with E-state index in [1.54, 1.807) is 6.07 Å². The Balaban J connectivity index is 1.83. The van der Waals surface area contributed by atoms with Crippen molar-refractivity contribution < 1.29 is 39.9 Å². The molecule has 0 aliphatic heterocycles. The molecule has 34 heavy (non-hydrogen) atoms. The van der Waals surface area contributed by atoms with Gasteiger partial charge < -0.3 is 31.3 Å². The molecule has 0 aromatic heterocycles. The number of aliphatic hydroxyl groups is 4. The monoisotopic (exact) mass is 471 g/mol. The summed E-state index contributed by atoms with van der Waals surface area (Å²) >= 11 is 0. The first-order valence-corrected chi connectivity index (χ1v) is 11.5. The number of amides is 1. The number of benzene rings is 1. The SMILES string of the molecule is CCCCCC(O)c1ccc(O)c2c1C[C@H]1C[C@H]3CC(=O)C(C(N)=O)=C(O)[C@@]3(O)C(=O)C1=C2O. The maximum atomic E-state index is 13.5. The number of phenols is 1. The van der Waals surface area contributed by atoms with Crippen LogP contribution in [-0.2, 0) is 20.8 Å². The van der Waals surface area contributed by atoms with Gasteiger partial charge in [0, 0.05) is 17.9 Å². The molecule has 3 aliphatic rings. The third kappa shape index (κ3) is 3.42. The van der Waals surface area contributed by atoms with Crippen LogP contribution in [0.4, 0.5) is 0 Å². The molecule has 0 saturated heterocycles. The minimum absolute atomic E-state index is 0.000767. The maximum absolute atomic E-state index is 13.5. The lowest BCUT2D eigenvalue weighted by Crippen LogP contribution is -2.58. The summed E-state index contributed by atoms with van der Waals surface area (Å²) in [5.74, 6) is -6.62. The maximum Gasteiger partial charge on any atom is 0.255 e. The van der Waals surface area contributed by atoms with Crippen molar-refractivity contribution in [1.82, 2.24) is 0 Å².